The number of carbonyl (C=O) groups is 2. The Kier molecular flexibility index (Phi) is 4.83. The van der Waals surface area contributed by atoms with E-state index in [1.54, 1.807) is 11.0 Å². The smallest absolute Gasteiger partial charge is 0.265 e. The molecule has 2 aromatic carbocycles. The highest BCUT2D eigenvalue weighted by Crippen LogP contribution is 2.36. The number of nitrogens with one attached hydrogen (secondary N) is 1. The Labute approximate surface area is 166 Å². The molecule has 1 N–H and O–H groups in total. The number of aromatic nitrogens is 1. The summed E-state index contributed by atoms with van der Waals surface area (Å²) < 4.78 is 5.51. The molecule has 7 heteroatoms. The molecule has 0 fully saturated rings. The fourth-order valence-electron chi connectivity index (χ4n) is 3.13. The standard InChI is InChI=1S/C21H19N3O3S/c1-3-24-17-10-14(7-8-18(17)27-11-19(24)25)16-12-28-21(22-16)23-20(26)15-6-4-5-13(2)9-15/h4-10,12H,3,11H2,1-2H3,(H,22,23,26). The van der Waals surface area contributed by atoms with Crippen molar-refractivity contribution in [1.82, 2.24) is 4.98 Å². The van der Waals surface area contributed by atoms with Gasteiger partial charge in [0, 0.05) is 23.1 Å². The summed E-state index contributed by atoms with van der Waals surface area (Å²) >= 11 is 1.36. The Balaban J connectivity index is 1.57. The number of aryl methyl sites for hydroxylation is 1. The van der Waals surface area contributed by atoms with E-state index in [1.165, 1.54) is 11.3 Å². The molecule has 0 saturated carbocycles. The van der Waals surface area contributed by atoms with E-state index in [-0.39, 0.29) is 18.4 Å². The van der Waals surface area contributed by atoms with E-state index >= 15 is 0 Å². The first-order valence-corrected chi connectivity index (χ1v) is 9.84. The number of rotatable bonds is 4. The van der Waals surface area contributed by atoms with E-state index in [0.29, 0.717) is 23.0 Å². The average Bonchev–Trinajstić information content (AvgIpc) is 3.16. The molecule has 0 radical (unpaired) electrons. The van der Waals surface area contributed by atoms with Crippen LogP contribution >= 0.6 is 11.3 Å². The number of carbonyl (C=O) groups excluding carboxylic acids is 2. The summed E-state index contributed by atoms with van der Waals surface area (Å²) in [5.41, 5.74) is 3.97. The minimum atomic E-state index is -0.189. The van der Waals surface area contributed by atoms with Crippen LogP contribution in [0.3, 0.4) is 0 Å². The SMILES string of the molecule is CCN1C(=O)COc2ccc(-c3csc(NC(=O)c4cccc(C)c4)n3)cc21. The first-order chi connectivity index (χ1) is 13.5. The molecular formula is C21H19N3O3S. The molecule has 0 atom stereocenters. The summed E-state index contributed by atoms with van der Waals surface area (Å²) in [6, 6.07) is 13.1. The molecule has 6 nitrogen and oxygen atoms in total. The molecule has 28 heavy (non-hydrogen) atoms. The second-order valence-corrected chi connectivity index (χ2v) is 7.33. The average molecular weight is 393 g/mol. The van der Waals surface area contributed by atoms with Crippen molar-refractivity contribution in [1.29, 1.82) is 0 Å². The summed E-state index contributed by atoms with van der Waals surface area (Å²) in [6.07, 6.45) is 0. The normalized spacial score (nSPS) is 13.1. The van der Waals surface area contributed by atoms with E-state index in [1.807, 2.05) is 55.6 Å². The second kappa shape index (κ2) is 7.44. The maximum absolute atomic E-state index is 12.4. The van der Waals surface area contributed by atoms with Crippen molar-refractivity contribution in [3.8, 4) is 17.0 Å². The van der Waals surface area contributed by atoms with Crippen LogP contribution in [0.1, 0.15) is 22.8 Å². The van der Waals surface area contributed by atoms with Gasteiger partial charge in [0.1, 0.15) is 5.75 Å². The van der Waals surface area contributed by atoms with Gasteiger partial charge in [0.25, 0.3) is 11.8 Å². The van der Waals surface area contributed by atoms with Crippen molar-refractivity contribution < 1.29 is 14.3 Å². The zero-order valence-corrected chi connectivity index (χ0v) is 16.4. The van der Waals surface area contributed by atoms with E-state index in [4.69, 9.17) is 4.74 Å². The number of fused-ring (bicyclic) bond motifs is 1. The van der Waals surface area contributed by atoms with Gasteiger partial charge < -0.3 is 9.64 Å². The summed E-state index contributed by atoms with van der Waals surface area (Å²) in [4.78, 5) is 30.7. The number of nitrogens with zero attached hydrogens (tertiary/aromatic N) is 2. The molecule has 0 aliphatic carbocycles. The molecule has 2 amide bonds. The van der Waals surface area contributed by atoms with Crippen LogP contribution in [0.25, 0.3) is 11.3 Å². The Bertz CT molecular complexity index is 1060. The predicted molar refractivity (Wildman–Crippen MR) is 110 cm³/mol. The Morgan fingerprint density at radius 3 is 2.93 bits per heavy atom. The lowest BCUT2D eigenvalue weighted by Crippen LogP contribution is -2.38. The van der Waals surface area contributed by atoms with E-state index in [2.05, 4.69) is 10.3 Å². The quantitative estimate of drug-likeness (QED) is 0.724. The molecule has 3 aromatic rings. The van der Waals surface area contributed by atoms with Crippen LogP contribution in [0.2, 0.25) is 0 Å². The monoisotopic (exact) mass is 393 g/mol. The highest BCUT2D eigenvalue weighted by Gasteiger charge is 2.24. The van der Waals surface area contributed by atoms with Crippen LogP contribution in [0.15, 0.2) is 47.8 Å². The summed E-state index contributed by atoms with van der Waals surface area (Å²) in [7, 11) is 0. The van der Waals surface area contributed by atoms with Gasteiger partial charge in [-0.2, -0.15) is 0 Å². The van der Waals surface area contributed by atoms with Crippen molar-refractivity contribution in [2.45, 2.75) is 13.8 Å². The van der Waals surface area contributed by atoms with Gasteiger partial charge in [-0.15, -0.1) is 11.3 Å². The van der Waals surface area contributed by atoms with Crippen molar-refractivity contribution in [3.63, 3.8) is 0 Å². The maximum Gasteiger partial charge on any atom is 0.265 e. The van der Waals surface area contributed by atoms with Crippen LogP contribution in [0, 0.1) is 6.92 Å². The van der Waals surface area contributed by atoms with Crippen LogP contribution in [0.4, 0.5) is 10.8 Å². The molecule has 1 aliphatic heterocycles. The molecule has 2 heterocycles. The Morgan fingerprint density at radius 2 is 2.14 bits per heavy atom. The van der Waals surface area contributed by atoms with Gasteiger partial charge in [-0.05, 0) is 44.2 Å². The van der Waals surface area contributed by atoms with Crippen LogP contribution in [0.5, 0.6) is 5.75 Å². The first kappa shape index (κ1) is 18.2. The molecule has 0 saturated heterocycles. The van der Waals surface area contributed by atoms with Gasteiger partial charge in [0.15, 0.2) is 11.7 Å². The maximum atomic E-state index is 12.4. The fraction of sp³-hybridized carbons (Fsp3) is 0.190. The number of likely N-dealkylation sites (N-methyl/N-ethyl adjacent to an activating group) is 1. The fourth-order valence-corrected chi connectivity index (χ4v) is 3.84. The number of anilines is 2. The van der Waals surface area contributed by atoms with Crippen molar-refractivity contribution in [3.05, 3.63) is 59.0 Å². The highest BCUT2D eigenvalue weighted by molar-refractivity contribution is 7.14. The van der Waals surface area contributed by atoms with E-state index < -0.39 is 0 Å². The van der Waals surface area contributed by atoms with Gasteiger partial charge in [-0.3, -0.25) is 14.9 Å². The minimum Gasteiger partial charge on any atom is -0.482 e. The zero-order valence-electron chi connectivity index (χ0n) is 15.6. The number of ether oxygens (including phenoxy) is 1. The zero-order chi connectivity index (χ0) is 19.7. The van der Waals surface area contributed by atoms with Crippen LogP contribution in [-0.4, -0.2) is 29.9 Å². The van der Waals surface area contributed by atoms with Gasteiger partial charge >= 0.3 is 0 Å². The van der Waals surface area contributed by atoms with Crippen molar-refractivity contribution in [2.24, 2.45) is 0 Å². The molecule has 4 rings (SSSR count). The summed E-state index contributed by atoms with van der Waals surface area (Å²) in [6.45, 7) is 4.52. The second-order valence-electron chi connectivity index (χ2n) is 6.47. The van der Waals surface area contributed by atoms with Crippen molar-refractivity contribution in [2.75, 3.05) is 23.4 Å². The van der Waals surface area contributed by atoms with E-state index in [9.17, 15) is 9.59 Å². The molecule has 0 bridgehead atoms. The van der Waals surface area contributed by atoms with Gasteiger partial charge in [0.05, 0.1) is 11.4 Å². The topological polar surface area (TPSA) is 71.5 Å². The van der Waals surface area contributed by atoms with E-state index in [0.717, 1.165) is 22.5 Å². The Morgan fingerprint density at radius 1 is 1.29 bits per heavy atom. The number of benzene rings is 2. The largest absolute Gasteiger partial charge is 0.482 e. The first-order valence-electron chi connectivity index (χ1n) is 8.96. The highest BCUT2D eigenvalue weighted by atomic mass is 32.1. The third-order valence-corrected chi connectivity index (χ3v) is 5.28. The van der Waals surface area contributed by atoms with Crippen LogP contribution < -0.4 is 15.0 Å². The lowest BCUT2D eigenvalue weighted by molar-refractivity contribution is -0.121. The van der Waals surface area contributed by atoms with Gasteiger partial charge in [-0.25, -0.2) is 4.98 Å². The summed E-state index contributed by atoms with van der Waals surface area (Å²) in [5.74, 6) is 0.441. The third kappa shape index (κ3) is 3.48. The molecule has 0 unspecified atom stereocenters. The summed E-state index contributed by atoms with van der Waals surface area (Å²) in [5, 5.41) is 5.26. The number of thiazole rings is 1. The number of hydrogen-bond donors (Lipinski definition) is 1. The van der Waals surface area contributed by atoms with Gasteiger partial charge in [0.2, 0.25) is 0 Å². The third-order valence-electron chi connectivity index (χ3n) is 4.52. The molecule has 1 aliphatic rings. The number of hydrogen-bond acceptors (Lipinski definition) is 5. The van der Waals surface area contributed by atoms with Crippen LogP contribution in [-0.2, 0) is 4.79 Å². The minimum absolute atomic E-state index is 0.0588. The Hall–Kier alpha value is -3.19. The lowest BCUT2D eigenvalue weighted by Gasteiger charge is -2.28. The molecule has 142 valence electrons. The van der Waals surface area contributed by atoms with Crippen molar-refractivity contribution >= 4 is 34.0 Å². The molecule has 1 aromatic heterocycles. The predicted octanol–water partition coefficient (Wildman–Crippen LogP) is 4.12. The lowest BCUT2D eigenvalue weighted by atomic mass is 10.1. The number of amides is 2. The molecule has 0 spiro atoms. The van der Waals surface area contributed by atoms with Gasteiger partial charge in [-0.1, -0.05) is 17.7 Å². The molecular weight excluding hydrogens is 374 g/mol.